The lowest BCUT2D eigenvalue weighted by atomic mass is 9.90. The molecule has 2 aromatic rings. The van der Waals surface area contributed by atoms with Gasteiger partial charge in [-0.1, -0.05) is 6.07 Å². The Morgan fingerprint density at radius 1 is 1.23 bits per heavy atom. The van der Waals surface area contributed by atoms with Crippen LogP contribution in [-0.2, 0) is 19.4 Å². The Kier molecular flexibility index (Phi) is 4.81. The number of methoxy groups -OCH3 is 1. The number of hydrogen-bond acceptors (Lipinski definition) is 4. The van der Waals surface area contributed by atoms with Crippen molar-refractivity contribution >= 4 is 0 Å². The van der Waals surface area contributed by atoms with E-state index < -0.39 is 0 Å². The zero-order chi connectivity index (χ0) is 18.1. The molecule has 1 aliphatic heterocycles. The van der Waals surface area contributed by atoms with Crippen molar-refractivity contribution in [3.63, 3.8) is 0 Å². The molecule has 0 spiro atoms. The number of aromatic nitrogens is 2. The van der Waals surface area contributed by atoms with Gasteiger partial charge in [0.1, 0.15) is 11.6 Å². The van der Waals surface area contributed by atoms with Crippen LogP contribution in [0.4, 0.5) is 0 Å². The summed E-state index contributed by atoms with van der Waals surface area (Å²) in [4.78, 5) is 21.5. The van der Waals surface area contributed by atoms with Crippen LogP contribution in [0.15, 0.2) is 23.0 Å². The number of nitrogens with zero attached hydrogens (tertiary/aromatic N) is 2. The molecule has 0 radical (unpaired) electrons. The normalized spacial score (nSPS) is 20.2. The summed E-state index contributed by atoms with van der Waals surface area (Å²) in [5.74, 6) is 2.04. The SMILES string of the molecule is COc1cc2c(cc1CN1CCC(c3cc(=O)[nH]c(C)n3)C1)CCCC2. The summed E-state index contributed by atoms with van der Waals surface area (Å²) < 4.78 is 5.68. The summed E-state index contributed by atoms with van der Waals surface area (Å²) in [5, 5.41) is 0. The van der Waals surface area contributed by atoms with E-state index in [0.29, 0.717) is 11.7 Å². The Balaban J connectivity index is 1.51. The van der Waals surface area contributed by atoms with E-state index in [1.54, 1.807) is 13.2 Å². The summed E-state index contributed by atoms with van der Waals surface area (Å²) in [6.07, 6.45) is 5.98. The molecule has 1 aromatic carbocycles. The Morgan fingerprint density at radius 3 is 2.73 bits per heavy atom. The molecule has 1 fully saturated rings. The van der Waals surface area contributed by atoms with Gasteiger partial charge in [-0.2, -0.15) is 0 Å². The van der Waals surface area contributed by atoms with Gasteiger partial charge in [0, 0.05) is 30.6 Å². The maximum absolute atomic E-state index is 11.7. The maximum atomic E-state index is 11.7. The van der Waals surface area contributed by atoms with Crippen molar-refractivity contribution in [2.24, 2.45) is 0 Å². The van der Waals surface area contributed by atoms with Crippen molar-refractivity contribution < 1.29 is 4.74 Å². The molecule has 138 valence electrons. The maximum Gasteiger partial charge on any atom is 0.251 e. The number of H-pyrrole nitrogens is 1. The number of benzene rings is 1. The number of likely N-dealkylation sites (tertiary alicyclic amines) is 1. The molecule has 1 aromatic heterocycles. The average molecular weight is 353 g/mol. The predicted molar refractivity (Wildman–Crippen MR) is 102 cm³/mol. The molecule has 5 nitrogen and oxygen atoms in total. The Bertz CT molecular complexity index is 859. The molecular weight excluding hydrogens is 326 g/mol. The summed E-state index contributed by atoms with van der Waals surface area (Å²) in [6, 6.07) is 6.26. The van der Waals surface area contributed by atoms with Gasteiger partial charge >= 0.3 is 0 Å². The number of rotatable bonds is 4. The minimum absolute atomic E-state index is 0.0534. The van der Waals surface area contributed by atoms with Crippen molar-refractivity contribution in [3.8, 4) is 5.75 Å². The molecular formula is C21H27N3O2. The minimum Gasteiger partial charge on any atom is -0.496 e. The molecule has 1 saturated heterocycles. The fourth-order valence-corrected chi connectivity index (χ4v) is 4.40. The van der Waals surface area contributed by atoms with E-state index in [0.717, 1.165) is 37.5 Å². The van der Waals surface area contributed by atoms with Crippen molar-refractivity contribution in [2.75, 3.05) is 20.2 Å². The quantitative estimate of drug-likeness (QED) is 0.918. The largest absolute Gasteiger partial charge is 0.496 e. The number of fused-ring (bicyclic) bond motifs is 1. The molecule has 0 bridgehead atoms. The second kappa shape index (κ2) is 7.23. The standard InChI is InChI=1S/C21H27N3O2/c1-14-22-19(11-21(25)23-14)17-7-8-24(12-17)13-18-9-15-5-3-4-6-16(15)10-20(18)26-2/h9-11,17H,3-8,12-13H2,1-2H3,(H,22,23,25). The van der Waals surface area contributed by atoms with Gasteiger partial charge in [-0.3, -0.25) is 9.69 Å². The molecule has 1 unspecified atom stereocenters. The van der Waals surface area contributed by atoms with Crippen LogP contribution in [0.5, 0.6) is 5.75 Å². The Labute approximate surface area is 154 Å². The summed E-state index contributed by atoms with van der Waals surface area (Å²) >= 11 is 0. The molecule has 1 N–H and O–H groups in total. The third-order valence-electron chi connectivity index (χ3n) is 5.71. The highest BCUT2D eigenvalue weighted by molar-refractivity contribution is 5.44. The Hall–Kier alpha value is -2.14. The lowest BCUT2D eigenvalue weighted by Gasteiger charge is -2.22. The van der Waals surface area contributed by atoms with E-state index in [9.17, 15) is 4.79 Å². The monoisotopic (exact) mass is 353 g/mol. The minimum atomic E-state index is -0.0534. The zero-order valence-electron chi connectivity index (χ0n) is 15.7. The summed E-state index contributed by atoms with van der Waals surface area (Å²) in [7, 11) is 1.77. The van der Waals surface area contributed by atoms with Crippen LogP contribution in [-0.4, -0.2) is 35.1 Å². The second-order valence-electron chi connectivity index (χ2n) is 7.62. The first-order valence-electron chi connectivity index (χ1n) is 9.61. The van der Waals surface area contributed by atoms with Crippen LogP contribution in [0.1, 0.15) is 53.4 Å². The number of nitrogens with one attached hydrogen (secondary N) is 1. The van der Waals surface area contributed by atoms with E-state index in [1.165, 1.54) is 42.4 Å². The molecule has 0 saturated carbocycles. The van der Waals surface area contributed by atoms with Crippen LogP contribution < -0.4 is 10.3 Å². The Morgan fingerprint density at radius 2 is 2.00 bits per heavy atom. The van der Waals surface area contributed by atoms with Crippen molar-refractivity contribution in [1.29, 1.82) is 0 Å². The van der Waals surface area contributed by atoms with E-state index in [2.05, 4.69) is 27.0 Å². The molecule has 0 amide bonds. The predicted octanol–water partition coefficient (Wildman–Crippen LogP) is 2.96. The van der Waals surface area contributed by atoms with Gasteiger partial charge < -0.3 is 9.72 Å². The summed E-state index contributed by atoms with van der Waals surface area (Å²) in [6.45, 7) is 4.71. The van der Waals surface area contributed by atoms with Gasteiger partial charge in [0.2, 0.25) is 0 Å². The number of ether oxygens (including phenoxy) is 1. The first-order chi connectivity index (χ1) is 12.6. The van der Waals surface area contributed by atoms with Gasteiger partial charge in [-0.15, -0.1) is 0 Å². The first kappa shape index (κ1) is 17.3. The van der Waals surface area contributed by atoms with Gasteiger partial charge in [0.25, 0.3) is 5.56 Å². The highest BCUT2D eigenvalue weighted by atomic mass is 16.5. The van der Waals surface area contributed by atoms with Crippen molar-refractivity contribution in [3.05, 3.63) is 56.8 Å². The molecule has 5 heteroatoms. The smallest absolute Gasteiger partial charge is 0.251 e. The summed E-state index contributed by atoms with van der Waals surface area (Å²) in [5.41, 5.74) is 5.10. The van der Waals surface area contributed by atoms with Gasteiger partial charge in [0.15, 0.2) is 0 Å². The fraction of sp³-hybridized carbons (Fsp3) is 0.524. The lowest BCUT2D eigenvalue weighted by Crippen LogP contribution is -2.21. The molecule has 1 atom stereocenters. The highest BCUT2D eigenvalue weighted by Crippen LogP contribution is 2.32. The van der Waals surface area contributed by atoms with Crippen LogP contribution in [0.2, 0.25) is 0 Å². The van der Waals surface area contributed by atoms with Crippen LogP contribution in [0.25, 0.3) is 0 Å². The van der Waals surface area contributed by atoms with Gasteiger partial charge in [0.05, 0.1) is 12.8 Å². The lowest BCUT2D eigenvalue weighted by molar-refractivity contribution is 0.316. The van der Waals surface area contributed by atoms with Crippen LogP contribution in [0, 0.1) is 6.92 Å². The molecule has 2 aliphatic rings. The van der Waals surface area contributed by atoms with E-state index >= 15 is 0 Å². The molecule has 2 heterocycles. The van der Waals surface area contributed by atoms with Crippen molar-refractivity contribution in [2.45, 2.75) is 51.5 Å². The van der Waals surface area contributed by atoms with Gasteiger partial charge in [-0.05, 0) is 62.8 Å². The second-order valence-corrected chi connectivity index (χ2v) is 7.62. The van der Waals surface area contributed by atoms with E-state index in [1.807, 2.05) is 6.92 Å². The molecule has 26 heavy (non-hydrogen) atoms. The number of aromatic amines is 1. The molecule has 1 aliphatic carbocycles. The third kappa shape index (κ3) is 3.54. The number of hydrogen-bond donors (Lipinski definition) is 1. The van der Waals surface area contributed by atoms with Crippen LogP contribution >= 0.6 is 0 Å². The van der Waals surface area contributed by atoms with Crippen LogP contribution in [0.3, 0.4) is 0 Å². The highest BCUT2D eigenvalue weighted by Gasteiger charge is 2.26. The zero-order valence-corrected chi connectivity index (χ0v) is 15.7. The first-order valence-corrected chi connectivity index (χ1v) is 9.61. The van der Waals surface area contributed by atoms with E-state index in [-0.39, 0.29) is 5.56 Å². The molecule has 4 rings (SSSR count). The average Bonchev–Trinajstić information content (AvgIpc) is 3.09. The van der Waals surface area contributed by atoms with E-state index in [4.69, 9.17) is 4.74 Å². The van der Waals surface area contributed by atoms with Crippen molar-refractivity contribution in [1.82, 2.24) is 14.9 Å². The fourth-order valence-electron chi connectivity index (χ4n) is 4.40. The third-order valence-corrected chi connectivity index (χ3v) is 5.71. The number of aryl methyl sites for hydroxylation is 3. The van der Waals surface area contributed by atoms with Gasteiger partial charge in [-0.25, -0.2) is 4.98 Å². The topological polar surface area (TPSA) is 58.2 Å².